The fourth-order valence-electron chi connectivity index (χ4n) is 2.10. The fraction of sp³-hybridized carbons (Fsp3) is 0.462. The quantitative estimate of drug-likeness (QED) is 0.808. The van der Waals surface area contributed by atoms with Gasteiger partial charge < -0.3 is 10.6 Å². The van der Waals surface area contributed by atoms with Crippen LogP contribution in [0.5, 0.6) is 0 Å². The Morgan fingerprint density at radius 3 is 2.88 bits per heavy atom. The van der Waals surface area contributed by atoms with E-state index in [0.717, 1.165) is 18.5 Å². The summed E-state index contributed by atoms with van der Waals surface area (Å²) in [6, 6.07) is 8.20. The highest BCUT2D eigenvalue weighted by Crippen LogP contribution is 2.12. The SMILES string of the molecule is Cc1ccccc1CC(=O)N1CC[C@H](N)C1. The van der Waals surface area contributed by atoms with E-state index >= 15 is 0 Å². The molecule has 1 amide bonds. The molecule has 0 saturated carbocycles. The normalized spacial score (nSPS) is 20.1. The minimum absolute atomic E-state index is 0.167. The first kappa shape index (κ1) is 11.1. The number of hydrogen-bond acceptors (Lipinski definition) is 2. The van der Waals surface area contributed by atoms with Crippen molar-refractivity contribution >= 4 is 5.91 Å². The molecule has 3 nitrogen and oxygen atoms in total. The summed E-state index contributed by atoms with van der Waals surface area (Å²) >= 11 is 0. The second-order valence-corrected chi connectivity index (χ2v) is 4.49. The standard InChI is InChI=1S/C13H18N2O/c1-10-4-2-3-5-11(10)8-13(16)15-7-6-12(14)9-15/h2-5,12H,6-9,14H2,1H3/t12-/m0/s1. The van der Waals surface area contributed by atoms with E-state index in [0.29, 0.717) is 13.0 Å². The third kappa shape index (κ3) is 2.42. The zero-order chi connectivity index (χ0) is 11.5. The third-order valence-electron chi connectivity index (χ3n) is 3.18. The van der Waals surface area contributed by atoms with Crippen LogP contribution in [0.25, 0.3) is 0 Å². The second kappa shape index (κ2) is 4.66. The minimum Gasteiger partial charge on any atom is -0.341 e. The predicted molar refractivity (Wildman–Crippen MR) is 64.1 cm³/mol. The van der Waals surface area contributed by atoms with E-state index in [4.69, 9.17) is 5.73 Å². The van der Waals surface area contributed by atoms with Gasteiger partial charge in [0.15, 0.2) is 0 Å². The monoisotopic (exact) mass is 218 g/mol. The van der Waals surface area contributed by atoms with E-state index in [1.807, 2.05) is 36.1 Å². The number of hydrogen-bond donors (Lipinski definition) is 1. The molecule has 1 heterocycles. The summed E-state index contributed by atoms with van der Waals surface area (Å²) < 4.78 is 0. The van der Waals surface area contributed by atoms with Crippen LogP contribution in [0.15, 0.2) is 24.3 Å². The fourth-order valence-corrected chi connectivity index (χ4v) is 2.10. The van der Waals surface area contributed by atoms with Gasteiger partial charge in [0.1, 0.15) is 0 Å². The topological polar surface area (TPSA) is 46.3 Å². The molecule has 16 heavy (non-hydrogen) atoms. The molecule has 0 spiro atoms. The zero-order valence-corrected chi connectivity index (χ0v) is 9.65. The van der Waals surface area contributed by atoms with Gasteiger partial charge in [-0.2, -0.15) is 0 Å². The average molecular weight is 218 g/mol. The molecule has 0 radical (unpaired) electrons. The lowest BCUT2D eigenvalue weighted by Crippen LogP contribution is -2.33. The molecular weight excluding hydrogens is 200 g/mol. The molecule has 86 valence electrons. The van der Waals surface area contributed by atoms with E-state index in [9.17, 15) is 4.79 Å². The van der Waals surface area contributed by atoms with Crippen molar-refractivity contribution in [1.82, 2.24) is 4.90 Å². The summed E-state index contributed by atoms with van der Waals surface area (Å²) in [7, 11) is 0. The molecule has 1 aromatic carbocycles. The Morgan fingerprint density at radius 2 is 2.25 bits per heavy atom. The zero-order valence-electron chi connectivity index (χ0n) is 9.65. The number of carbonyl (C=O) groups is 1. The molecule has 1 aromatic rings. The molecule has 1 aliphatic rings. The summed E-state index contributed by atoms with van der Waals surface area (Å²) in [5.41, 5.74) is 8.09. The molecular formula is C13H18N2O. The molecule has 0 unspecified atom stereocenters. The number of likely N-dealkylation sites (tertiary alicyclic amines) is 1. The molecule has 0 bridgehead atoms. The predicted octanol–water partition coefficient (Wildman–Crippen LogP) is 1.10. The van der Waals surface area contributed by atoms with Crippen molar-refractivity contribution in [2.24, 2.45) is 5.73 Å². The number of nitrogens with two attached hydrogens (primary N) is 1. The van der Waals surface area contributed by atoms with Gasteiger partial charge in [-0.15, -0.1) is 0 Å². The summed E-state index contributed by atoms with van der Waals surface area (Å²) in [5.74, 6) is 0.197. The van der Waals surface area contributed by atoms with E-state index in [1.165, 1.54) is 5.56 Å². The maximum absolute atomic E-state index is 12.0. The van der Waals surface area contributed by atoms with Gasteiger partial charge in [0, 0.05) is 19.1 Å². The van der Waals surface area contributed by atoms with Crippen molar-refractivity contribution in [1.29, 1.82) is 0 Å². The third-order valence-corrected chi connectivity index (χ3v) is 3.18. The molecule has 3 heteroatoms. The largest absolute Gasteiger partial charge is 0.341 e. The van der Waals surface area contributed by atoms with E-state index in [2.05, 4.69) is 0 Å². The van der Waals surface area contributed by atoms with Gasteiger partial charge in [-0.3, -0.25) is 4.79 Å². The highest BCUT2D eigenvalue weighted by atomic mass is 16.2. The summed E-state index contributed by atoms with van der Waals surface area (Å²) in [6.45, 7) is 3.56. The Bertz CT molecular complexity index is 389. The highest BCUT2D eigenvalue weighted by molar-refractivity contribution is 5.79. The van der Waals surface area contributed by atoms with Crippen LogP contribution in [0.2, 0.25) is 0 Å². The first-order valence-corrected chi connectivity index (χ1v) is 5.74. The van der Waals surface area contributed by atoms with Crippen LogP contribution < -0.4 is 5.73 Å². The number of carbonyl (C=O) groups excluding carboxylic acids is 1. The molecule has 2 N–H and O–H groups in total. The number of benzene rings is 1. The van der Waals surface area contributed by atoms with Crippen LogP contribution in [0.3, 0.4) is 0 Å². The molecule has 2 rings (SSSR count). The van der Waals surface area contributed by atoms with Crippen LogP contribution >= 0.6 is 0 Å². The van der Waals surface area contributed by atoms with Crippen molar-refractivity contribution in [2.45, 2.75) is 25.8 Å². The molecule has 0 aromatic heterocycles. The van der Waals surface area contributed by atoms with Crippen molar-refractivity contribution < 1.29 is 4.79 Å². The van der Waals surface area contributed by atoms with Gasteiger partial charge in [-0.05, 0) is 24.5 Å². The van der Waals surface area contributed by atoms with Gasteiger partial charge >= 0.3 is 0 Å². The van der Waals surface area contributed by atoms with Crippen LogP contribution in [-0.2, 0) is 11.2 Å². The van der Waals surface area contributed by atoms with Gasteiger partial charge in [0.25, 0.3) is 0 Å². The number of nitrogens with zero attached hydrogens (tertiary/aromatic N) is 1. The van der Waals surface area contributed by atoms with E-state index in [1.54, 1.807) is 0 Å². The number of aryl methyl sites for hydroxylation is 1. The minimum atomic E-state index is 0.167. The molecule has 1 atom stereocenters. The van der Waals surface area contributed by atoms with Crippen molar-refractivity contribution in [3.63, 3.8) is 0 Å². The average Bonchev–Trinajstić information content (AvgIpc) is 2.68. The van der Waals surface area contributed by atoms with Crippen molar-refractivity contribution in [3.8, 4) is 0 Å². The van der Waals surface area contributed by atoms with Gasteiger partial charge in [-0.1, -0.05) is 24.3 Å². The van der Waals surface area contributed by atoms with E-state index < -0.39 is 0 Å². The number of amides is 1. The van der Waals surface area contributed by atoms with Crippen LogP contribution in [0, 0.1) is 6.92 Å². The van der Waals surface area contributed by atoms with Crippen LogP contribution in [-0.4, -0.2) is 29.9 Å². The Kier molecular flexibility index (Phi) is 3.25. The Labute approximate surface area is 96.2 Å². The van der Waals surface area contributed by atoms with Crippen LogP contribution in [0.1, 0.15) is 17.5 Å². The maximum atomic E-state index is 12.0. The second-order valence-electron chi connectivity index (χ2n) is 4.49. The lowest BCUT2D eigenvalue weighted by Gasteiger charge is -2.16. The first-order valence-electron chi connectivity index (χ1n) is 5.74. The Morgan fingerprint density at radius 1 is 1.50 bits per heavy atom. The Balaban J connectivity index is 2.00. The number of rotatable bonds is 2. The van der Waals surface area contributed by atoms with Gasteiger partial charge in [-0.25, -0.2) is 0 Å². The smallest absolute Gasteiger partial charge is 0.227 e. The molecule has 1 fully saturated rings. The van der Waals surface area contributed by atoms with Gasteiger partial charge in [0.05, 0.1) is 6.42 Å². The van der Waals surface area contributed by atoms with Crippen molar-refractivity contribution in [3.05, 3.63) is 35.4 Å². The first-order chi connectivity index (χ1) is 7.66. The molecule has 0 aliphatic carbocycles. The summed E-state index contributed by atoms with van der Waals surface area (Å²) in [4.78, 5) is 13.9. The maximum Gasteiger partial charge on any atom is 0.227 e. The van der Waals surface area contributed by atoms with Gasteiger partial charge in [0.2, 0.25) is 5.91 Å². The molecule has 1 aliphatic heterocycles. The van der Waals surface area contributed by atoms with Crippen LogP contribution in [0.4, 0.5) is 0 Å². The lowest BCUT2D eigenvalue weighted by molar-refractivity contribution is -0.129. The van der Waals surface area contributed by atoms with Crippen molar-refractivity contribution in [2.75, 3.05) is 13.1 Å². The van der Waals surface area contributed by atoms with E-state index in [-0.39, 0.29) is 11.9 Å². The summed E-state index contributed by atoms with van der Waals surface area (Å²) in [5, 5.41) is 0. The Hall–Kier alpha value is -1.35. The summed E-state index contributed by atoms with van der Waals surface area (Å²) in [6.07, 6.45) is 1.43. The highest BCUT2D eigenvalue weighted by Gasteiger charge is 2.23. The lowest BCUT2D eigenvalue weighted by atomic mass is 10.1. The molecule has 1 saturated heterocycles.